The molecule has 0 radical (unpaired) electrons. The number of rotatable bonds is 2. The monoisotopic (exact) mass is 935 g/mol. The van der Waals surface area contributed by atoms with Crippen molar-refractivity contribution < 1.29 is 17.7 Å². The summed E-state index contributed by atoms with van der Waals surface area (Å²) in [6.07, 6.45) is 3.43. The van der Waals surface area contributed by atoms with Crippen LogP contribution in [0.2, 0.25) is 0 Å². The lowest BCUT2D eigenvalue weighted by Crippen LogP contribution is -2.39. The minimum Gasteiger partial charge on any atom is -0.457 e. The number of aromatic nitrogens is 2. The van der Waals surface area contributed by atoms with Crippen LogP contribution in [-0.2, 0) is 16.2 Å². The van der Waals surface area contributed by atoms with Crippen LogP contribution in [0.3, 0.4) is 0 Å². The Morgan fingerprint density at radius 3 is 1.76 bits per heavy atom. The first-order valence-electron chi connectivity index (χ1n) is 27.5. The summed E-state index contributed by atoms with van der Waals surface area (Å²) in [5, 5.41) is 0. The molecule has 0 fully saturated rings. The number of nitrogens with zero attached hydrogens (tertiary/aromatic N) is 3. The fraction of sp³-hybridized carbons (Fsp3) is 0.134. The van der Waals surface area contributed by atoms with Gasteiger partial charge in [-0.15, -0.1) is 0 Å². The maximum absolute atomic E-state index is 9.21. The number of ether oxygens (including phenoxy) is 2. The highest BCUT2D eigenvalue weighted by Crippen LogP contribution is 2.64. The summed E-state index contributed by atoms with van der Waals surface area (Å²) in [5.74, 6) is 1.79. The SMILES string of the molecule is [2H]C([2H])([2H])c1ccc2c(c1)Oc1c(ccc(C([2H])([2H])[2H])c1-c1ccc3c(c1)-c1ccccc1-c1ncncc1-c1ccccc1-3)C21c2ccccc2Oc2cc(N3c4ccccc4C(C)(C)C(C)(C)c4ccccc43)ccc21. The maximum Gasteiger partial charge on any atom is 0.140 e. The maximum atomic E-state index is 9.21. The lowest BCUT2D eigenvalue weighted by atomic mass is 9.61. The zero-order valence-electron chi connectivity index (χ0n) is 46.2. The Morgan fingerprint density at radius 1 is 0.458 bits per heavy atom. The first-order chi connectivity index (χ1) is 37.5. The van der Waals surface area contributed by atoms with Gasteiger partial charge >= 0.3 is 0 Å². The van der Waals surface area contributed by atoms with E-state index in [1.807, 2.05) is 72.9 Å². The molecule has 1 unspecified atom stereocenters. The van der Waals surface area contributed by atoms with Crippen LogP contribution in [0.25, 0.3) is 55.8 Å². The van der Waals surface area contributed by atoms with Crippen molar-refractivity contribution in [1.82, 2.24) is 9.97 Å². The first-order valence-corrected chi connectivity index (χ1v) is 24.5. The van der Waals surface area contributed by atoms with Gasteiger partial charge in [0.25, 0.3) is 0 Å². The highest BCUT2D eigenvalue weighted by Gasteiger charge is 2.52. The first kappa shape index (κ1) is 36.4. The van der Waals surface area contributed by atoms with Gasteiger partial charge in [0.15, 0.2) is 0 Å². The smallest absolute Gasteiger partial charge is 0.140 e. The molecule has 1 spiro atoms. The predicted molar refractivity (Wildman–Crippen MR) is 291 cm³/mol. The average molecular weight is 936 g/mol. The molecule has 0 saturated heterocycles. The summed E-state index contributed by atoms with van der Waals surface area (Å²) in [4.78, 5) is 11.7. The summed E-state index contributed by atoms with van der Waals surface area (Å²) in [6, 6.07) is 62.8. The summed E-state index contributed by atoms with van der Waals surface area (Å²) in [6.45, 7) is 4.20. The van der Waals surface area contributed by atoms with Gasteiger partial charge in [0.1, 0.15) is 29.3 Å². The molecule has 0 saturated carbocycles. The molecule has 5 nitrogen and oxygen atoms in total. The molecule has 4 heterocycles. The molecule has 9 aromatic carbocycles. The Morgan fingerprint density at radius 2 is 1.04 bits per heavy atom. The van der Waals surface area contributed by atoms with Crippen molar-refractivity contribution >= 4 is 17.1 Å². The van der Waals surface area contributed by atoms with Crippen LogP contribution in [0.1, 0.15) is 80.4 Å². The van der Waals surface area contributed by atoms with Crippen molar-refractivity contribution in [1.29, 1.82) is 0 Å². The molecule has 0 N–H and O–H groups in total. The third kappa shape index (κ3) is 5.70. The van der Waals surface area contributed by atoms with Crippen molar-refractivity contribution in [3.63, 3.8) is 0 Å². The molecule has 14 rings (SSSR count). The van der Waals surface area contributed by atoms with Crippen molar-refractivity contribution in [2.45, 2.75) is 57.6 Å². The molecule has 10 aromatic rings. The lowest BCUT2D eigenvalue weighted by molar-refractivity contribution is 0.307. The Bertz CT molecular complexity index is 4110. The van der Waals surface area contributed by atoms with Crippen molar-refractivity contribution in [3.05, 3.63) is 245 Å². The van der Waals surface area contributed by atoms with Crippen molar-refractivity contribution in [2.75, 3.05) is 4.90 Å². The molecule has 0 amide bonds. The largest absolute Gasteiger partial charge is 0.457 e. The van der Waals surface area contributed by atoms with Crippen LogP contribution >= 0.6 is 0 Å². The van der Waals surface area contributed by atoms with Gasteiger partial charge in [-0.05, 0) is 106 Å². The van der Waals surface area contributed by atoms with Gasteiger partial charge < -0.3 is 14.4 Å². The molecule has 4 aliphatic rings. The highest BCUT2D eigenvalue weighted by molar-refractivity contribution is 6.03. The van der Waals surface area contributed by atoms with E-state index in [0.717, 1.165) is 72.8 Å². The lowest BCUT2D eigenvalue weighted by Gasteiger charge is -2.45. The minimum absolute atomic E-state index is 0.0876. The fourth-order valence-electron chi connectivity index (χ4n) is 12.4. The Hall–Kier alpha value is -8.54. The Kier molecular flexibility index (Phi) is 7.70. The zero-order valence-corrected chi connectivity index (χ0v) is 40.2. The summed E-state index contributed by atoms with van der Waals surface area (Å²) >= 11 is 0. The van der Waals surface area contributed by atoms with E-state index >= 15 is 0 Å². The van der Waals surface area contributed by atoms with Gasteiger partial charge in [0.2, 0.25) is 0 Å². The van der Waals surface area contributed by atoms with Crippen LogP contribution < -0.4 is 14.4 Å². The number of para-hydroxylation sites is 3. The highest BCUT2D eigenvalue weighted by atomic mass is 16.5. The summed E-state index contributed by atoms with van der Waals surface area (Å²) in [7, 11) is 0. The molecule has 1 aromatic heterocycles. The summed E-state index contributed by atoms with van der Waals surface area (Å²) in [5.41, 5.74) is 15.1. The molecule has 3 aliphatic heterocycles. The molecule has 72 heavy (non-hydrogen) atoms. The van der Waals surface area contributed by atoms with Crippen molar-refractivity contribution in [3.8, 4) is 78.8 Å². The topological polar surface area (TPSA) is 47.5 Å². The quantitative estimate of drug-likeness (QED) is 0.173. The number of hydrogen-bond donors (Lipinski definition) is 0. The van der Waals surface area contributed by atoms with E-state index in [9.17, 15) is 4.11 Å². The third-order valence-electron chi connectivity index (χ3n) is 16.5. The van der Waals surface area contributed by atoms with Crippen LogP contribution in [-0.4, -0.2) is 9.97 Å². The van der Waals surface area contributed by atoms with E-state index in [4.69, 9.17) is 18.6 Å². The van der Waals surface area contributed by atoms with Crippen LogP contribution in [0.15, 0.2) is 201 Å². The predicted octanol–water partition coefficient (Wildman–Crippen LogP) is 17.4. The fourth-order valence-corrected chi connectivity index (χ4v) is 12.4. The van der Waals surface area contributed by atoms with Gasteiger partial charge in [-0.3, -0.25) is 0 Å². The molecule has 0 bridgehead atoms. The minimum atomic E-state index is -2.62. The molecular formula is C67H51N3O2. The Balaban J connectivity index is 1.06. The van der Waals surface area contributed by atoms with Gasteiger partial charge in [-0.1, -0.05) is 173 Å². The zero-order chi connectivity index (χ0) is 53.7. The van der Waals surface area contributed by atoms with Crippen LogP contribution in [0.4, 0.5) is 17.1 Å². The van der Waals surface area contributed by atoms with Gasteiger partial charge in [0, 0.05) is 87.3 Å². The molecule has 346 valence electrons. The van der Waals surface area contributed by atoms with Gasteiger partial charge in [0.05, 0.1) is 11.1 Å². The number of anilines is 3. The van der Waals surface area contributed by atoms with Crippen LogP contribution in [0.5, 0.6) is 23.0 Å². The van der Waals surface area contributed by atoms with Gasteiger partial charge in [-0.2, -0.15) is 0 Å². The molecule has 5 heteroatoms. The van der Waals surface area contributed by atoms with E-state index in [1.54, 1.807) is 24.5 Å². The average Bonchev–Trinajstić information content (AvgIpc) is 3.47. The van der Waals surface area contributed by atoms with Crippen molar-refractivity contribution in [2.24, 2.45) is 0 Å². The second-order valence-corrected chi connectivity index (χ2v) is 20.5. The normalized spacial score (nSPS) is 18.2. The number of hydrogen-bond acceptors (Lipinski definition) is 5. The van der Waals surface area contributed by atoms with E-state index in [2.05, 4.69) is 141 Å². The molecule has 1 aliphatic carbocycles. The van der Waals surface area contributed by atoms with Crippen LogP contribution in [0, 0.1) is 13.7 Å². The van der Waals surface area contributed by atoms with E-state index in [-0.39, 0.29) is 22.0 Å². The third-order valence-corrected chi connectivity index (χ3v) is 16.5. The van der Waals surface area contributed by atoms with Gasteiger partial charge in [-0.25, -0.2) is 9.97 Å². The Labute approximate surface area is 429 Å². The van der Waals surface area contributed by atoms with E-state index in [1.165, 1.54) is 11.1 Å². The second-order valence-electron chi connectivity index (χ2n) is 20.5. The van der Waals surface area contributed by atoms with E-state index < -0.39 is 19.1 Å². The standard InChI is InChI=1S/C67H51N3O2/c1-40-27-32-54-60(35-40)72-64-56(33-28-41(2)62(64)42-29-31-47-44-17-7-8-18-45(44)50-38-68-39-69-63(50)48-20-10-9-19-46(48)49(47)36-42)67(54)53-23-13-16-26-59(53)71-61-37-43(30-34-55(61)67)70-57-24-14-11-21-51(57)65(3,4)66(5,6)52-22-12-15-25-58(52)70/h7-39H,1-6H3/i1D3,2D3. The molecule has 1 atom stereocenters. The number of aryl methyl sites for hydroxylation is 2. The van der Waals surface area contributed by atoms with E-state index in [0.29, 0.717) is 45.3 Å². The number of benzene rings is 9. The number of fused-ring (bicyclic) bond motifs is 18. The second kappa shape index (κ2) is 15.2. The summed E-state index contributed by atoms with van der Waals surface area (Å²) < 4.78 is 67.9. The molecular weight excluding hydrogens is 879 g/mol.